The van der Waals surface area contributed by atoms with Crippen LogP contribution in [-0.4, -0.2) is 51.8 Å². The maximum Gasteiger partial charge on any atom is 0.306 e. The van der Waals surface area contributed by atoms with E-state index in [0.717, 1.165) is 60.8 Å². The lowest BCUT2D eigenvalue weighted by Gasteiger charge is -2.44. The summed E-state index contributed by atoms with van der Waals surface area (Å²) >= 11 is 0. The number of Topliss-reactive ketones (excluding diaryl/α,β-unsaturated/α-hetero) is 1. The highest BCUT2D eigenvalue weighted by Crippen LogP contribution is 2.67. The summed E-state index contributed by atoms with van der Waals surface area (Å²) in [6.07, 6.45) is 56.5. The largest absolute Gasteiger partial charge is 0.462 e. The Kier molecular flexibility index (Phi) is 30.4. The molecule has 77 heavy (non-hydrogen) atoms. The molecule has 432 valence electrons. The maximum absolute atomic E-state index is 13.6. The number of hydrogen-bond acceptors (Lipinski definition) is 7. The zero-order chi connectivity index (χ0) is 56.8. The molecule has 0 aromatic heterocycles. The van der Waals surface area contributed by atoms with E-state index < -0.39 is 16.8 Å². The van der Waals surface area contributed by atoms with Crippen LogP contribution in [0.3, 0.4) is 0 Å². The van der Waals surface area contributed by atoms with Gasteiger partial charge in [0.2, 0.25) is 0 Å². The van der Waals surface area contributed by atoms with E-state index in [1.807, 2.05) is 82.4 Å². The molecule has 3 rings (SSSR count). The third-order valence-corrected chi connectivity index (χ3v) is 16.5. The lowest BCUT2D eigenvalue weighted by Crippen LogP contribution is -2.49. The first-order valence-corrected chi connectivity index (χ1v) is 30.8. The topological polar surface area (TPSA) is 102 Å². The number of allylic oxidation sites excluding steroid dienone is 16. The fourth-order valence-electron chi connectivity index (χ4n) is 12.0. The minimum atomic E-state index is -1.13. The van der Waals surface area contributed by atoms with Crippen molar-refractivity contribution in [3.05, 3.63) is 113 Å². The number of hydrogen-bond donors (Lipinski definition) is 1. The molecule has 2 saturated carbocycles. The Morgan fingerprint density at radius 2 is 1.00 bits per heavy atom. The van der Waals surface area contributed by atoms with E-state index in [1.165, 1.54) is 103 Å². The first-order valence-electron chi connectivity index (χ1n) is 30.8. The molecule has 0 bridgehead atoms. The van der Waals surface area contributed by atoms with E-state index in [-0.39, 0.29) is 40.8 Å². The van der Waals surface area contributed by atoms with Crippen molar-refractivity contribution in [3.8, 4) is 0 Å². The minimum Gasteiger partial charge on any atom is -0.462 e. The molecule has 3 aliphatic rings. The third kappa shape index (κ3) is 24.9. The molecule has 7 nitrogen and oxygen atoms in total. The Morgan fingerprint density at radius 1 is 0.558 bits per heavy atom. The SMILES string of the molecule is CCCCCC/C=C\CCCCCCCC(=O)O[C@H]1CC(C)(C)C(=C=C/C(C)=C/C=C/C(C)=C/C=C/C=C(C)/C=C/C=C(\C)C(=O)C[C@@]23O[C@]2(C)C[C@@H](OC(=O)CCCCCCCCCCCCC)CC3(C)C)[C@](C)(O)C1. The van der Waals surface area contributed by atoms with E-state index in [9.17, 15) is 19.5 Å². The van der Waals surface area contributed by atoms with E-state index in [0.29, 0.717) is 50.5 Å². The molecule has 5 atom stereocenters. The summed E-state index contributed by atoms with van der Waals surface area (Å²) in [5.41, 5.74) is 5.24. The fraction of sp³-hybridized carbons (Fsp3) is 0.686. The molecule has 0 aromatic carbocycles. The molecule has 0 spiro atoms. The number of unbranched alkanes of at least 4 members (excludes halogenated alkanes) is 19. The van der Waals surface area contributed by atoms with Gasteiger partial charge >= 0.3 is 11.9 Å². The van der Waals surface area contributed by atoms with Gasteiger partial charge in [-0.15, -0.1) is 5.73 Å². The van der Waals surface area contributed by atoms with Crippen molar-refractivity contribution < 1.29 is 33.7 Å². The molecule has 0 amide bonds. The van der Waals surface area contributed by atoms with Gasteiger partial charge in [-0.05, 0) is 116 Å². The highest BCUT2D eigenvalue weighted by Gasteiger charge is 2.76. The van der Waals surface area contributed by atoms with Crippen LogP contribution >= 0.6 is 0 Å². The van der Waals surface area contributed by atoms with Crippen molar-refractivity contribution in [2.45, 2.75) is 298 Å². The van der Waals surface area contributed by atoms with Crippen LogP contribution < -0.4 is 0 Å². The Balaban J connectivity index is 1.39. The first-order chi connectivity index (χ1) is 36.6. The van der Waals surface area contributed by atoms with Crippen molar-refractivity contribution in [3.63, 3.8) is 0 Å². The van der Waals surface area contributed by atoms with E-state index in [2.05, 4.69) is 85.4 Å². The molecule has 3 fully saturated rings. The predicted octanol–water partition coefficient (Wildman–Crippen LogP) is 19.2. The second-order valence-corrected chi connectivity index (χ2v) is 25.1. The van der Waals surface area contributed by atoms with Gasteiger partial charge in [-0.25, -0.2) is 0 Å². The standard InChI is InChI=1S/C70H110O7/c1-13-15-17-19-21-23-25-26-28-30-32-33-35-47-64(72)75-60-51-66(7,8)63(68(11,74)53-60)50-49-58(5)44-39-43-56(3)41-37-38-42-57(4)45-40-46-59(6)62(71)55-70-67(9,10)52-61(54-69(70,12)77-70)76-65(73)48-36-34-31-29-27-24-22-20-18-16-14-2/h23,25,37-46,49,60-61,74H,13-22,24,26-36,47-48,51-55H2,1-12H3/b25-23-,38-37+,43-39+,45-40+,56-41+,57-42+,58-44+,59-46+/t50?,60-,61-,68+,69+,70-/m0/s1. The molecule has 1 saturated heterocycles. The third-order valence-electron chi connectivity index (χ3n) is 16.5. The lowest BCUT2D eigenvalue weighted by atomic mass is 9.61. The molecule has 2 aliphatic carbocycles. The summed E-state index contributed by atoms with van der Waals surface area (Å²) in [5.74, 6) is -0.187. The van der Waals surface area contributed by atoms with Crippen LogP contribution in [0.4, 0.5) is 0 Å². The number of ketones is 1. The summed E-state index contributed by atoms with van der Waals surface area (Å²) in [5, 5.41) is 11.6. The number of aliphatic hydroxyl groups is 1. The summed E-state index contributed by atoms with van der Waals surface area (Å²) in [6, 6.07) is 0. The quantitative estimate of drug-likeness (QED) is 0.0126. The molecule has 0 aromatic rings. The molecular weight excluding hydrogens is 953 g/mol. The normalized spacial score (nSPS) is 24.7. The van der Waals surface area contributed by atoms with Crippen LogP contribution in [0.5, 0.6) is 0 Å². The average molecular weight is 1060 g/mol. The summed E-state index contributed by atoms with van der Waals surface area (Å²) in [4.78, 5) is 39.2. The summed E-state index contributed by atoms with van der Waals surface area (Å²) in [6.45, 7) is 24.9. The number of epoxide rings is 1. The zero-order valence-electron chi connectivity index (χ0n) is 51.1. The van der Waals surface area contributed by atoms with Gasteiger partial charge in [0.15, 0.2) is 5.78 Å². The van der Waals surface area contributed by atoms with Gasteiger partial charge in [-0.3, -0.25) is 14.4 Å². The molecular formula is C70H110O7. The van der Waals surface area contributed by atoms with E-state index in [1.54, 1.807) is 0 Å². The van der Waals surface area contributed by atoms with E-state index >= 15 is 0 Å². The number of esters is 2. The van der Waals surface area contributed by atoms with Gasteiger partial charge in [0.25, 0.3) is 0 Å². The Morgan fingerprint density at radius 3 is 1.49 bits per heavy atom. The van der Waals surface area contributed by atoms with Crippen molar-refractivity contribution >= 4 is 17.7 Å². The van der Waals surface area contributed by atoms with Crippen molar-refractivity contribution in [1.29, 1.82) is 0 Å². The number of rotatable bonds is 37. The lowest BCUT2D eigenvalue weighted by molar-refractivity contribution is -0.156. The summed E-state index contributed by atoms with van der Waals surface area (Å²) in [7, 11) is 0. The van der Waals surface area contributed by atoms with Crippen LogP contribution in [0.15, 0.2) is 113 Å². The van der Waals surface area contributed by atoms with Gasteiger partial charge < -0.3 is 19.3 Å². The van der Waals surface area contributed by atoms with E-state index in [4.69, 9.17) is 14.2 Å². The first kappa shape index (κ1) is 67.2. The van der Waals surface area contributed by atoms with Crippen LogP contribution in [0.25, 0.3) is 0 Å². The summed E-state index contributed by atoms with van der Waals surface area (Å²) < 4.78 is 18.4. The molecule has 1 heterocycles. The smallest absolute Gasteiger partial charge is 0.306 e. The minimum absolute atomic E-state index is 0.0795. The second kappa shape index (κ2) is 34.9. The number of carbonyl (C=O) groups is 3. The Labute approximate surface area is 471 Å². The monoisotopic (exact) mass is 1060 g/mol. The Bertz CT molecular complexity index is 2120. The zero-order valence-corrected chi connectivity index (χ0v) is 51.1. The van der Waals surface area contributed by atoms with Crippen LogP contribution in [0.1, 0.15) is 269 Å². The molecule has 0 radical (unpaired) electrons. The van der Waals surface area contributed by atoms with Crippen molar-refractivity contribution in [2.24, 2.45) is 10.8 Å². The van der Waals surface area contributed by atoms with Crippen LogP contribution in [0, 0.1) is 10.8 Å². The molecule has 7 heteroatoms. The predicted molar refractivity (Wildman–Crippen MR) is 324 cm³/mol. The van der Waals surface area contributed by atoms with Gasteiger partial charge in [0.1, 0.15) is 17.8 Å². The van der Waals surface area contributed by atoms with Crippen LogP contribution in [0.2, 0.25) is 0 Å². The number of carbonyl (C=O) groups excluding carboxylic acids is 3. The second-order valence-electron chi connectivity index (χ2n) is 25.1. The Hall–Kier alpha value is -4.03. The van der Waals surface area contributed by atoms with Gasteiger partial charge in [-0.1, -0.05) is 228 Å². The number of fused-ring (bicyclic) bond motifs is 1. The van der Waals surface area contributed by atoms with Gasteiger partial charge in [-0.2, -0.15) is 0 Å². The van der Waals surface area contributed by atoms with Crippen molar-refractivity contribution in [1.82, 2.24) is 0 Å². The van der Waals surface area contributed by atoms with Gasteiger partial charge in [0.05, 0.1) is 11.2 Å². The molecule has 1 N–H and O–H groups in total. The number of ether oxygens (including phenoxy) is 3. The molecule has 1 aliphatic heterocycles. The molecule has 0 unspecified atom stereocenters. The average Bonchev–Trinajstić information content (AvgIpc) is 4.21. The highest BCUT2D eigenvalue weighted by atomic mass is 16.6. The van der Waals surface area contributed by atoms with Crippen LogP contribution in [-0.2, 0) is 28.6 Å². The van der Waals surface area contributed by atoms with Crippen molar-refractivity contribution in [2.75, 3.05) is 0 Å². The highest BCUT2D eigenvalue weighted by molar-refractivity contribution is 5.96. The fourth-order valence-corrected chi connectivity index (χ4v) is 12.0. The van der Waals surface area contributed by atoms with Gasteiger partial charge in [0, 0.05) is 43.1 Å². The maximum atomic E-state index is 13.6.